The van der Waals surface area contributed by atoms with Gasteiger partial charge in [-0.25, -0.2) is 0 Å². The number of aryl methyl sites for hydroxylation is 2. The Labute approximate surface area is 148 Å². The van der Waals surface area contributed by atoms with Crippen LogP contribution >= 0.6 is 0 Å². The molecule has 130 valence electrons. The first-order valence-electron chi connectivity index (χ1n) is 8.73. The van der Waals surface area contributed by atoms with E-state index < -0.39 is 5.41 Å². The number of hydrogen-bond donors (Lipinski definition) is 1. The van der Waals surface area contributed by atoms with E-state index >= 15 is 0 Å². The largest absolute Gasteiger partial charge is 0.325 e. The minimum atomic E-state index is -0.933. The average Bonchev–Trinajstić information content (AvgIpc) is 3.44. The predicted molar refractivity (Wildman–Crippen MR) is 101 cm³/mol. The molecule has 0 atom stereocenters. The van der Waals surface area contributed by atoms with Gasteiger partial charge in [-0.3, -0.25) is 9.59 Å². The fourth-order valence-corrected chi connectivity index (χ4v) is 3.19. The molecule has 0 unspecified atom stereocenters. The summed E-state index contributed by atoms with van der Waals surface area (Å²) < 4.78 is 0. The van der Waals surface area contributed by atoms with Crippen LogP contribution in [-0.4, -0.2) is 18.9 Å². The predicted octanol–water partition coefficient (Wildman–Crippen LogP) is 3.94. The molecule has 25 heavy (non-hydrogen) atoms. The molecule has 0 aliphatic heterocycles. The molecular weight excluding hydrogens is 312 g/mol. The van der Waals surface area contributed by atoms with Crippen molar-refractivity contribution in [3.63, 3.8) is 0 Å². The van der Waals surface area contributed by atoms with Crippen LogP contribution in [0.1, 0.15) is 30.9 Å². The third-order valence-corrected chi connectivity index (χ3v) is 5.02. The maximum Gasteiger partial charge on any atom is 0.242 e. The van der Waals surface area contributed by atoms with E-state index in [0.29, 0.717) is 12.8 Å². The van der Waals surface area contributed by atoms with Gasteiger partial charge in [0.05, 0.1) is 0 Å². The maximum atomic E-state index is 13.0. The zero-order valence-electron chi connectivity index (χ0n) is 15.0. The van der Waals surface area contributed by atoms with Crippen LogP contribution in [0.5, 0.6) is 0 Å². The average molecular weight is 336 g/mol. The van der Waals surface area contributed by atoms with Crippen LogP contribution in [0.25, 0.3) is 0 Å². The Morgan fingerprint density at radius 2 is 1.76 bits per heavy atom. The quantitative estimate of drug-likeness (QED) is 0.841. The van der Waals surface area contributed by atoms with Crippen LogP contribution in [0.3, 0.4) is 0 Å². The monoisotopic (exact) mass is 336 g/mol. The summed E-state index contributed by atoms with van der Waals surface area (Å²) >= 11 is 0. The molecule has 1 saturated carbocycles. The summed E-state index contributed by atoms with van der Waals surface area (Å²) in [6.45, 7) is 4.04. The highest BCUT2D eigenvalue weighted by Gasteiger charge is 2.57. The molecule has 4 heteroatoms. The minimum Gasteiger partial charge on any atom is -0.325 e. The number of amides is 2. The summed E-state index contributed by atoms with van der Waals surface area (Å²) in [4.78, 5) is 27.5. The van der Waals surface area contributed by atoms with Gasteiger partial charge < -0.3 is 10.2 Å². The zero-order chi connectivity index (χ0) is 18.0. The van der Waals surface area contributed by atoms with Crippen molar-refractivity contribution in [3.05, 3.63) is 59.7 Å². The smallest absolute Gasteiger partial charge is 0.242 e. The summed E-state index contributed by atoms with van der Waals surface area (Å²) in [5.41, 5.74) is 2.83. The van der Waals surface area contributed by atoms with Crippen molar-refractivity contribution in [1.29, 1.82) is 0 Å². The Morgan fingerprint density at radius 1 is 1.08 bits per heavy atom. The number of nitrogens with one attached hydrogen (secondary N) is 1. The maximum absolute atomic E-state index is 13.0. The number of benzene rings is 2. The molecule has 1 aliphatic rings. The van der Waals surface area contributed by atoms with Gasteiger partial charge >= 0.3 is 0 Å². The molecule has 1 fully saturated rings. The molecule has 0 aromatic heterocycles. The van der Waals surface area contributed by atoms with E-state index in [2.05, 4.69) is 12.2 Å². The number of carbonyl (C=O) groups is 2. The fourth-order valence-electron chi connectivity index (χ4n) is 3.19. The Morgan fingerprint density at radius 3 is 2.36 bits per heavy atom. The zero-order valence-corrected chi connectivity index (χ0v) is 15.0. The number of nitrogens with zero attached hydrogens (tertiary/aromatic N) is 1. The topological polar surface area (TPSA) is 49.4 Å². The van der Waals surface area contributed by atoms with Crippen LogP contribution in [0.15, 0.2) is 48.5 Å². The highest BCUT2D eigenvalue weighted by molar-refractivity contribution is 6.17. The van der Waals surface area contributed by atoms with Gasteiger partial charge in [0.1, 0.15) is 5.41 Å². The van der Waals surface area contributed by atoms with Gasteiger partial charge in [-0.15, -0.1) is 0 Å². The van der Waals surface area contributed by atoms with Crippen LogP contribution in [-0.2, 0) is 16.0 Å². The number of rotatable bonds is 5. The molecule has 1 aliphatic carbocycles. The van der Waals surface area contributed by atoms with Crippen LogP contribution in [0.2, 0.25) is 0 Å². The van der Waals surface area contributed by atoms with Crippen molar-refractivity contribution in [1.82, 2.24) is 0 Å². The molecule has 0 bridgehead atoms. The Balaban J connectivity index is 1.82. The van der Waals surface area contributed by atoms with E-state index in [0.717, 1.165) is 28.9 Å². The van der Waals surface area contributed by atoms with Gasteiger partial charge in [0.2, 0.25) is 11.8 Å². The molecule has 2 aromatic rings. The normalized spacial score (nSPS) is 14.7. The van der Waals surface area contributed by atoms with Gasteiger partial charge in [-0.05, 0) is 49.4 Å². The standard InChI is InChI=1S/C21H24N2O2/c1-4-16-10-8-9-15(2)18(16)22-19(24)21(13-14-21)20(25)23(3)17-11-6-5-7-12-17/h5-12H,4,13-14H2,1-3H3,(H,22,24). The lowest BCUT2D eigenvalue weighted by Gasteiger charge is -2.24. The van der Waals surface area contributed by atoms with Gasteiger partial charge in [0.15, 0.2) is 0 Å². The highest BCUT2D eigenvalue weighted by Crippen LogP contribution is 2.48. The van der Waals surface area contributed by atoms with Crippen molar-refractivity contribution in [2.45, 2.75) is 33.1 Å². The van der Waals surface area contributed by atoms with Crippen molar-refractivity contribution in [2.24, 2.45) is 5.41 Å². The van der Waals surface area contributed by atoms with E-state index in [1.807, 2.05) is 55.5 Å². The third kappa shape index (κ3) is 3.16. The molecule has 4 nitrogen and oxygen atoms in total. The molecular formula is C21H24N2O2. The van der Waals surface area contributed by atoms with Crippen molar-refractivity contribution in [3.8, 4) is 0 Å². The summed E-state index contributed by atoms with van der Waals surface area (Å²) in [7, 11) is 1.73. The molecule has 0 heterocycles. The third-order valence-electron chi connectivity index (χ3n) is 5.02. The van der Waals surface area contributed by atoms with E-state index in [4.69, 9.17) is 0 Å². The molecule has 2 aromatic carbocycles. The first-order valence-corrected chi connectivity index (χ1v) is 8.73. The van der Waals surface area contributed by atoms with Crippen molar-refractivity contribution in [2.75, 3.05) is 17.3 Å². The van der Waals surface area contributed by atoms with Gasteiger partial charge in [0, 0.05) is 18.4 Å². The van der Waals surface area contributed by atoms with Gasteiger partial charge in [0.25, 0.3) is 0 Å². The van der Waals surface area contributed by atoms with Crippen LogP contribution in [0, 0.1) is 12.3 Å². The van der Waals surface area contributed by atoms with Crippen LogP contribution < -0.4 is 10.2 Å². The lowest BCUT2D eigenvalue weighted by atomic mass is 10.0. The first-order chi connectivity index (χ1) is 12.0. The Bertz CT molecular complexity index is 795. The second kappa shape index (κ2) is 6.71. The number of para-hydroxylation sites is 2. The molecule has 3 rings (SSSR count). The fraction of sp³-hybridized carbons (Fsp3) is 0.333. The van der Waals surface area contributed by atoms with Crippen LogP contribution in [0.4, 0.5) is 11.4 Å². The van der Waals surface area contributed by atoms with E-state index in [9.17, 15) is 9.59 Å². The lowest BCUT2D eigenvalue weighted by Crippen LogP contribution is -2.41. The molecule has 1 N–H and O–H groups in total. The number of anilines is 2. The number of hydrogen-bond acceptors (Lipinski definition) is 2. The summed E-state index contributed by atoms with van der Waals surface area (Å²) in [6, 6.07) is 15.4. The minimum absolute atomic E-state index is 0.136. The summed E-state index contributed by atoms with van der Waals surface area (Å²) in [5, 5.41) is 3.03. The van der Waals surface area contributed by atoms with E-state index in [1.54, 1.807) is 11.9 Å². The van der Waals surface area contributed by atoms with E-state index in [-0.39, 0.29) is 11.8 Å². The second-order valence-corrected chi connectivity index (χ2v) is 6.70. The second-order valence-electron chi connectivity index (χ2n) is 6.70. The number of carbonyl (C=O) groups excluding carboxylic acids is 2. The molecule has 0 spiro atoms. The molecule has 0 radical (unpaired) electrons. The lowest BCUT2D eigenvalue weighted by molar-refractivity contribution is -0.132. The Hall–Kier alpha value is -2.62. The summed E-state index contributed by atoms with van der Waals surface area (Å²) in [6.07, 6.45) is 2.03. The molecule has 0 saturated heterocycles. The molecule has 2 amide bonds. The Kier molecular flexibility index (Phi) is 4.62. The SMILES string of the molecule is CCc1cccc(C)c1NC(=O)C1(C(=O)N(C)c2ccccc2)CC1. The van der Waals surface area contributed by atoms with E-state index in [1.165, 1.54) is 0 Å². The highest BCUT2D eigenvalue weighted by atomic mass is 16.2. The first kappa shape index (κ1) is 17.2. The van der Waals surface area contributed by atoms with Gasteiger partial charge in [-0.1, -0.05) is 43.3 Å². The van der Waals surface area contributed by atoms with Crippen molar-refractivity contribution < 1.29 is 9.59 Å². The summed E-state index contributed by atoms with van der Waals surface area (Å²) in [5.74, 6) is -0.327. The van der Waals surface area contributed by atoms with Crippen molar-refractivity contribution >= 4 is 23.2 Å². The van der Waals surface area contributed by atoms with Gasteiger partial charge in [-0.2, -0.15) is 0 Å².